The van der Waals surface area contributed by atoms with Crippen LogP contribution in [0.15, 0.2) is 17.2 Å². The Labute approximate surface area is 87.6 Å². The molecule has 80 valence electrons. The molecule has 2 rings (SSSR count). The molecule has 1 aliphatic carbocycles. The van der Waals surface area contributed by atoms with Crippen molar-refractivity contribution in [2.45, 2.75) is 31.7 Å². The van der Waals surface area contributed by atoms with Gasteiger partial charge in [-0.2, -0.15) is 4.98 Å². The van der Waals surface area contributed by atoms with Gasteiger partial charge in [0.15, 0.2) is 5.82 Å². The number of amides is 1. The highest BCUT2D eigenvalue weighted by atomic mass is 16.5. The van der Waals surface area contributed by atoms with Crippen molar-refractivity contribution in [1.82, 2.24) is 15.5 Å². The Balaban J connectivity index is 1.99. The zero-order valence-electron chi connectivity index (χ0n) is 8.62. The molecule has 1 amide bonds. The first-order chi connectivity index (χ1) is 7.13. The summed E-state index contributed by atoms with van der Waals surface area (Å²) in [6.07, 6.45) is 3.79. The summed E-state index contributed by atoms with van der Waals surface area (Å²) in [5.74, 6) is 1.05. The molecule has 0 unspecified atom stereocenters. The number of hydrogen-bond donors (Lipinski definition) is 1. The van der Waals surface area contributed by atoms with Crippen LogP contribution < -0.4 is 5.32 Å². The average Bonchev–Trinajstić information content (AvgIpc) is 2.82. The molecule has 0 saturated heterocycles. The summed E-state index contributed by atoms with van der Waals surface area (Å²) < 4.78 is 5.02. The summed E-state index contributed by atoms with van der Waals surface area (Å²) in [5, 5.41) is 6.60. The van der Waals surface area contributed by atoms with Gasteiger partial charge < -0.3 is 9.84 Å². The van der Waals surface area contributed by atoms with Gasteiger partial charge in [0.2, 0.25) is 11.8 Å². The second kappa shape index (κ2) is 3.49. The molecular weight excluding hydrogens is 194 g/mol. The van der Waals surface area contributed by atoms with Crippen molar-refractivity contribution in [1.29, 1.82) is 0 Å². The van der Waals surface area contributed by atoms with Crippen molar-refractivity contribution in [3.05, 3.63) is 24.4 Å². The number of carbonyl (C=O) groups excluding carboxylic acids is 1. The second-order valence-corrected chi connectivity index (χ2v) is 3.89. The standard InChI is InChI=1S/C10H13N3O2/c1-3-8(14)12-10(4-5-10)6-9-11-7(2)13-15-9/h3H,1,4-6H2,2H3,(H,12,14). The van der Waals surface area contributed by atoms with Crippen LogP contribution in [-0.4, -0.2) is 21.6 Å². The molecule has 5 heteroatoms. The predicted molar refractivity (Wildman–Crippen MR) is 53.0 cm³/mol. The topological polar surface area (TPSA) is 68.0 Å². The summed E-state index contributed by atoms with van der Waals surface area (Å²) in [7, 11) is 0. The van der Waals surface area contributed by atoms with E-state index in [4.69, 9.17) is 4.52 Å². The van der Waals surface area contributed by atoms with Gasteiger partial charge in [-0.25, -0.2) is 0 Å². The van der Waals surface area contributed by atoms with E-state index in [1.54, 1.807) is 6.92 Å². The van der Waals surface area contributed by atoms with Crippen LogP contribution in [0, 0.1) is 6.92 Å². The molecule has 0 aromatic carbocycles. The highest BCUT2D eigenvalue weighted by Crippen LogP contribution is 2.38. The van der Waals surface area contributed by atoms with Crippen molar-refractivity contribution in [3.8, 4) is 0 Å². The Morgan fingerprint density at radius 2 is 2.47 bits per heavy atom. The Kier molecular flexibility index (Phi) is 2.30. The van der Waals surface area contributed by atoms with Crippen LogP contribution in [0.2, 0.25) is 0 Å². The third-order valence-electron chi connectivity index (χ3n) is 2.49. The number of nitrogens with zero attached hydrogens (tertiary/aromatic N) is 2. The van der Waals surface area contributed by atoms with Crippen LogP contribution in [0.4, 0.5) is 0 Å². The first-order valence-corrected chi connectivity index (χ1v) is 4.87. The lowest BCUT2D eigenvalue weighted by Crippen LogP contribution is -2.37. The molecular formula is C10H13N3O2. The highest BCUT2D eigenvalue weighted by Gasteiger charge is 2.45. The maximum atomic E-state index is 11.2. The zero-order valence-corrected chi connectivity index (χ0v) is 8.62. The maximum Gasteiger partial charge on any atom is 0.243 e. The summed E-state index contributed by atoms with van der Waals surface area (Å²) in [6.45, 7) is 5.19. The van der Waals surface area contributed by atoms with Crippen molar-refractivity contribution in [3.63, 3.8) is 0 Å². The van der Waals surface area contributed by atoms with E-state index in [0.29, 0.717) is 18.1 Å². The molecule has 1 saturated carbocycles. The number of rotatable bonds is 4. The van der Waals surface area contributed by atoms with Crippen LogP contribution in [0.25, 0.3) is 0 Å². The Hall–Kier alpha value is -1.65. The molecule has 0 atom stereocenters. The van der Waals surface area contributed by atoms with Gasteiger partial charge in [-0.15, -0.1) is 0 Å². The lowest BCUT2D eigenvalue weighted by Gasteiger charge is -2.13. The molecule has 0 spiro atoms. The van der Waals surface area contributed by atoms with Crippen LogP contribution in [0.5, 0.6) is 0 Å². The van der Waals surface area contributed by atoms with E-state index in [1.807, 2.05) is 0 Å². The van der Waals surface area contributed by atoms with Gasteiger partial charge in [0, 0.05) is 5.54 Å². The van der Waals surface area contributed by atoms with Crippen molar-refractivity contribution < 1.29 is 9.32 Å². The summed E-state index contributed by atoms with van der Waals surface area (Å²) in [5.41, 5.74) is -0.176. The van der Waals surface area contributed by atoms with Gasteiger partial charge in [-0.3, -0.25) is 4.79 Å². The summed E-state index contributed by atoms with van der Waals surface area (Å²) >= 11 is 0. The normalized spacial score (nSPS) is 17.1. The van der Waals surface area contributed by atoms with E-state index in [-0.39, 0.29) is 11.4 Å². The fourth-order valence-electron chi connectivity index (χ4n) is 1.51. The van der Waals surface area contributed by atoms with E-state index >= 15 is 0 Å². The van der Waals surface area contributed by atoms with E-state index in [0.717, 1.165) is 12.8 Å². The van der Waals surface area contributed by atoms with Crippen molar-refractivity contribution in [2.24, 2.45) is 0 Å². The van der Waals surface area contributed by atoms with E-state index in [9.17, 15) is 4.79 Å². The Morgan fingerprint density at radius 3 is 2.93 bits per heavy atom. The molecule has 1 aromatic rings. The third-order valence-corrected chi connectivity index (χ3v) is 2.49. The van der Waals surface area contributed by atoms with Crippen LogP contribution in [0.3, 0.4) is 0 Å². The Morgan fingerprint density at radius 1 is 1.73 bits per heavy atom. The molecule has 1 aromatic heterocycles. The first kappa shape index (κ1) is 9.89. The predicted octanol–water partition coefficient (Wildman–Crippen LogP) is 0.755. The van der Waals surface area contributed by atoms with E-state index in [2.05, 4.69) is 22.0 Å². The monoisotopic (exact) mass is 207 g/mol. The second-order valence-electron chi connectivity index (χ2n) is 3.89. The van der Waals surface area contributed by atoms with Gasteiger partial charge >= 0.3 is 0 Å². The molecule has 0 radical (unpaired) electrons. The lowest BCUT2D eigenvalue weighted by molar-refractivity contribution is -0.117. The maximum absolute atomic E-state index is 11.2. The number of aromatic nitrogens is 2. The molecule has 0 aliphatic heterocycles. The van der Waals surface area contributed by atoms with E-state index in [1.165, 1.54) is 6.08 Å². The average molecular weight is 207 g/mol. The number of nitrogens with one attached hydrogen (secondary N) is 1. The fourth-order valence-corrected chi connectivity index (χ4v) is 1.51. The molecule has 15 heavy (non-hydrogen) atoms. The number of aryl methyl sites for hydroxylation is 1. The Bertz CT molecular complexity index is 393. The summed E-state index contributed by atoms with van der Waals surface area (Å²) in [6, 6.07) is 0. The van der Waals surface area contributed by atoms with Crippen LogP contribution in [0.1, 0.15) is 24.6 Å². The van der Waals surface area contributed by atoms with Gasteiger partial charge in [-0.1, -0.05) is 11.7 Å². The van der Waals surface area contributed by atoms with Crippen LogP contribution in [-0.2, 0) is 11.2 Å². The largest absolute Gasteiger partial charge is 0.347 e. The smallest absolute Gasteiger partial charge is 0.243 e. The minimum atomic E-state index is -0.176. The quantitative estimate of drug-likeness (QED) is 0.740. The number of carbonyl (C=O) groups is 1. The summed E-state index contributed by atoms with van der Waals surface area (Å²) in [4.78, 5) is 15.3. The van der Waals surface area contributed by atoms with Gasteiger partial charge in [0.25, 0.3) is 0 Å². The molecule has 1 aliphatic rings. The molecule has 1 N–H and O–H groups in total. The molecule has 0 bridgehead atoms. The van der Waals surface area contributed by atoms with Gasteiger partial charge in [0.05, 0.1) is 6.42 Å². The fraction of sp³-hybridized carbons (Fsp3) is 0.500. The first-order valence-electron chi connectivity index (χ1n) is 4.87. The minimum absolute atomic E-state index is 0.149. The molecule has 1 fully saturated rings. The molecule has 5 nitrogen and oxygen atoms in total. The SMILES string of the molecule is C=CC(=O)NC1(Cc2nc(C)no2)CC1. The lowest BCUT2D eigenvalue weighted by atomic mass is 10.2. The minimum Gasteiger partial charge on any atom is -0.347 e. The zero-order chi connectivity index (χ0) is 10.9. The van der Waals surface area contributed by atoms with Crippen molar-refractivity contribution >= 4 is 5.91 Å². The molecule has 1 heterocycles. The van der Waals surface area contributed by atoms with Gasteiger partial charge in [0.1, 0.15) is 0 Å². The highest BCUT2D eigenvalue weighted by molar-refractivity contribution is 5.87. The van der Waals surface area contributed by atoms with E-state index < -0.39 is 0 Å². The third kappa shape index (κ3) is 2.23. The number of hydrogen-bond acceptors (Lipinski definition) is 4. The van der Waals surface area contributed by atoms with Gasteiger partial charge in [-0.05, 0) is 25.8 Å². The van der Waals surface area contributed by atoms with Crippen molar-refractivity contribution in [2.75, 3.05) is 0 Å². The van der Waals surface area contributed by atoms with Crippen LogP contribution >= 0.6 is 0 Å².